The number of anilines is 1. The second-order valence-electron chi connectivity index (χ2n) is 12.0. The first-order valence-electron chi connectivity index (χ1n) is 14.5. The van der Waals surface area contributed by atoms with Gasteiger partial charge in [0.1, 0.15) is 23.9 Å². The van der Waals surface area contributed by atoms with Gasteiger partial charge in [0.25, 0.3) is 0 Å². The number of fused-ring (bicyclic) bond motifs is 9. The lowest BCUT2D eigenvalue weighted by atomic mass is 9.85. The molecule has 10 heteroatoms. The zero-order chi connectivity index (χ0) is 30.1. The maximum atomic E-state index is 14.2. The fraction of sp³-hybridized carbons (Fsp3) is 0.364. The maximum Gasteiger partial charge on any atom is 0.328 e. The van der Waals surface area contributed by atoms with Crippen LogP contribution in [0, 0.1) is 5.41 Å². The zero-order valence-electron chi connectivity index (χ0n) is 24.7. The minimum atomic E-state index is -0.795. The van der Waals surface area contributed by atoms with Crippen LogP contribution in [0.4, 0.5) is 5.13 Å². The Morgan fingerprint density at radius 1 is 1.09 bits per heavy atom. The molecule has 4 heterocycles. The molecule has 2 aromatic heterocycles. The fourth-order valence-corrected chi connectivity index (χ4v) is 6.34. The van der Waals surface area contributed by atoms with Gasteiger partial charge in [-0.25, -0.2) is 19.7 Å². The van der Waals surface area contributed by atoms with Crippen LogP contribution in [0.1, 0.15) is 44.9 Å². The van der Waals surface area contributed by atoms with E-state index in [2.05, 4.69) is 29.6 Å². The number of benzene rings is 2. The second-order valence-corrected chi connectivity index (χ2v) is 12.9. The van der Waals surface area contributed by atoms with Crippen molar-refractivity contribution in [2.75, 3.05) is 19.0 Å². The number of para-hydroxylation sites is 2. The van der Waals surface area contributed by atoms with E-state index in [9.17, 15) is 9.59 Å². The quantitative estimate of drug-likeness (QED) is 0.276. The number of allylic oxidation sites excluding steroid dienone is 1. The number of nitrogens with zero attached hydrogens (tertiary/aromatic N) is 4. The molecule has 6 bridgehead atoms. The van der Waals surface area contributed by atoms with Gasteiger partial charge >= 0.3 is 5.97 Å². The topological polar surface area (TPSA) is 107 Å². The molecule has 0 aliphatic carbocycles. The fourth-order valence-electron chi connectivity index (χ4n) is 5.56. The van der Waals surface area contributed by atoms with Crippen LogP contribution in [0.25, 0.3) is 28.4 Å². The van der Waals surface area contributed by atoms with E-state index in [1.807, 2.05) is 62.5 Å². The van der Waals surface area contributed by atoms with E-state index in [0.29, 0.717) is 22.2 Å². The van der Waals surface area contributed by atoms with Gasteiger partial charge < -0.3 is 19.7 Å². The third-order valence-electron chi connectivity index (χ3n) is 7.81. The van der Waals surface area contributed by atoms with E-state index < -0.39 is 29.6 Å². The largest absolute Gasteiger partial charge is 0.471 e. The molecule has 1 fully saturated rings. The summed E-state index contributed by atoms with van der Waals surface area (Å²) < 4.78 is 11.7. The number of hydrogen-bond donors (Lipinski definition) is 1. The van der Waals surface area contributed by atoms with E-state index in [1.165, 1.54) is 18.4 Å². The molecule has 2 aliphatic rings. The Balaban J connectivity index is 1.45. The summed E-state index contributed by atoms with van der Waals surface area (Å²) >= 11 is 1.48. The van der Waals surface area contributed by atoms with Crippen molar-refractivity contribution in [1.29, 1.82) is 0 Å². The highest BCUT2D eigenvalue weighted by Crippen LogP contribution is 2.34. The molecule has 3 atom stereocenters. The molecule has 2 aliphatic heterocycles. The van der Waals surface area contributed by atoms with E-state index in [1.54, 1.807) is 4.90 Å². The number of esters is 1. The number of carbonyl (C=O) groups excluding carboxylic acids is 2. The normalized spacial score (nSPS) is 20.8. The van der Waals surface area contributed by atoms with E-state index in [4.69, 9.17) is 24.4 Å². The summed E-state index contributed by atoms with van der Waals surface area (Å²) in [5.41, 5.74) is 4.45. The van der Waals surface area contributed by atoms with Crippen molar-refractivity contribution in [1.82, 2.24) is 19.9 Å². The number of hydrogen-bond acceptors (Lipinski definition) is 9. The Morgan fingerprint density at radius 2 is 1.88 bits per heavy atom. The number of methoxy groups -OCH3 is 1. The lowest BCUT2D eigenvalue weighted by Gasteiger charge is -2.35. The summed E-state index contributed by atoms with van der Waals surface area (Å²) in [7, 11) is 1.34. The Bertz CT molecular complexity index is 1690. The Kier molecular flexibility index (Phi) is 7.87. The third kappa shape index (κ3) is 6.10. The molecule has 4 aromatic rings. The van der Waals surface area contributed by atoms with Crippen LogP contribution in [-0.4, -0.2) is 63.6 Å². The summed E-state index contributed by atoms with van der Waals surface area (Å²) in [6.45, 7) is 6.20. The first-order chi connectivity index (χ1) is 20.7. The van der Waals surface area contributed by atoms with Crippen molar-refractivity contribution >= 4 is 45.5 Å². The standard InChI is InChI=1S/C33H35N5O4S/c1-33(2,3)28-30(39)38-18-23(17-26(38)31(40)41-4)42-29-27(35-24-14-7-8-15-25(24)36-29)21-12-9-11-20(16-21)10-5-6-13-22-19-43-32(34-22)37-28/h5,7-12,14-16,19,23,26,28H,6,13,17-18H2,1-4H3,(H,34,37)/t23-,26+,28-/m1/s1. The molecule has 0 radical (unpaired) electrons. The minimum Gasteiger partial charge on any atom is -0.471 e. The summed E-state index contributed by atoms with van der Waals surface area (Å²) in [6.07, 6.45) is 5.60. The maximum absolute atomic E-state index is 14.2. The first-order valence-corrected chi connectivity index (χ1v) is 15.4. The van der Waals surface area contributed by atoms with Crippen LogP contribution in [0.2, 0.25) is 0 Å². The predicted molar refractivity (Wildman–Crippen MR) is 168 cm³/mol. The van der Waals surface area contributed by atoms with Crippen LogP contribution in [0.15, 0.2) is 60.0 Å². The van der Waals surface area contributed by atoms with Crippen LogP contribution < -0.4 is 10.1 Å². The highest BCUT2D eigenvalue weighted by atomic mass is 32.1. The smallest absolute Gasteiger partial charge is 0.328 e. The second kappa shape index (κ2) is 11.8. The Hall–Kier alpha value is -4.31. The van der Waals surface area contributed by atoms with Gasteiger partial charge in [0.05, 0.1) is 30.4 Å². The Morgan fingerprint density at radius 3 is 2.65 bits per heavy atom. The van der Waals surface area contributed by atoms with Crippen molar-refractivity contribution in [2.24, 2.45) is 5.41 Å². The van der Waals surface area contributed by atoms with E-state index in [-0.39, 0.29) is 18.9 Å². The molecule has 0 unspecified atom stereocenters. The monoisotopic (exact) mass is 597 g/mol. The highest BCUT2D eigenvalue weighted by molar-refractivity contribution is 7.13. The van der Waals surface area contributed by atoms with Crippen molar-refractivity contribution in [3.63, 3.8) is 0 Å². The lowest BCUT2D eigenvalue weighted by Crippen LogP contribution is -2.52. The van der Waals surface area contributed by atoms with Gasteiger partial charge in [-0.2, -0.15) is 0 Å². The summed E-state index contributed by atoms with van der Waals surface area (Å²) in [5, 5.41) is 6.09. The van der Waals surface area contributed by atoms with Crippen molar-refractivity contribution < 1.29 is 19.1 Å². The summed E-state index contributed by atoms with van der Waals surface area (Å²) in [4.78, 5) is 43.4. The van der Waals surface area contributed by atoms with Gasteiger partial charge in [0, 0.05) is 17.4 Å². The van der Waals surface area contributed by atoms with E-state index in [0.717, 1.165) is 35.2 Å². The number of nitrogens with one attached hydrogen (secondary N) is 1. The van der Waals surface area contributed by atoms with Crippen LogP contribution in [0.3, 0.4) is 0 Å². The zero-order valence-corrected chi connectivity index (χ0v) is 25.6. The van der Waals surface area contributed by atoms with Gasteiger partial charge in [-0.05, 0) is 42.0 Å². The minimum absolute atomic E-state index is 0.201. The highest BCUT2D eigenvalue weighted by Gasteiger charge is 2.46. The first kappa shape index (κ1) is 28.8. The van der Waals surface area contributed by atoms with Gasteiger partial charge in [-0.3, -0.25) is 4.79 Å². The molecule has 1 saturated heterocycles. The SMILES string of the molecule is COC(=O)[C@@H]1C[C@@H]2CN1C(=O)[C@H](C(C)(C)C)Nc1nc(cs1)CCC=Cc1cccc(c1)-c1nc3ccccc3nc1O2. The lowest BCUT2D eigenvalue weighted by molar-refractivity contribution is -0.151. The van der Waals surface area contributed by atoms with Crippen molar-refractivity contribution in [2.45, 2.75) is 58.2 Å². The molecule has 0 spiro atoms. The summed E-state index contributed by atoms with van der Waals surface area (Å²) in [6, 6.07) is 14.3. The average molecular weight is 598 g/mol. The van der Waals surface area contributed by atoms with Gasteiger partial charge in [-0.15, -0.1) is 11.3 Å². The molecule has 43 heavy (non-hydrogen) atoms. The molecule has 6 rings (SSSR count). The molecular formula is C33H35N5O4S. The number of carbonyl (C=O) groups is 2. The molecule has 1 N–H and O–H groups in total. The number of ether oxygens (including phenoxy) is 2. The molecule has 0 saturated carbocycles. The molecule has 222 valence electrons. The number of aromatic nitrogens is 3. The number of aryl methyl sites for hydroxylation is 1. The molecule has 9 nitrogen and oxygen atoms in total. The molecule has 1 amide bonds. The Labute approximate surface area is 255 Å². The molecular weight excluding hydrogens is 562 g/mol. The van der Waals surface area contributed by atoms with Gasteiger partial charge in [-0.1, -0.05) is 63.3 Å². The van der Waals surface area contributed by atoms with Crippen LogP contribution in [0.5, 0.6) is 5.88 Å². The van der Waals surface area contributed by atoms with Crippen molar-refractivity contribution in [3.05, 3.63) is 71.2 Å². The average Bonchev–Trinajstić information content (AvgIpc) is 3.63. The molecule has 2 aromatic carbocycles. The van der Waals surface area contributed by atoms with Gasteiger partial charge in [0.15, 0.2) is 5.13 Å². The number of thiazole rings is 1. The van der Waals surface area contributed by atoms with Gasteiger partial charge in [0.2, 0.25) is 11.8 Å². The summed E-state index contributed by atoms with van der Waals surface area (Å²) in [5.74, 6) is -0.319. The van der Waals surface area contributed by atoms with Crippen LogP contribution in [-0.2, 0) is 20.7 Å². The van der Waals surface area contributed by atoms with Crippen LogP contribution >= 0.6 is 11.3 Å². The van der Waals surface area contributed by atoms with Crippen molar-refractivity contribution in [3.8, 4) is 17.1 Å². The van der Waals surface area contributed by atoms with E-state index >= 15 is 0 Å². The third-order valence-corrected chi connectivity index (χ3v) is 8.63. The predicted octanol–water partition coefficient (Wildman–Crippen LogP) is 5.76. The number of rotatable bonds is 1. The number of amides is 1.